The van der Waals surface area contributed by atoms with Crippen LogP contribution in [-0.4, -0.2) is 62.7 Å². The Hall–Kier alpha value is -2.98. The van der Waals surface area contributed by atoms with Crippen molar-refractivity contribution in [1.29, 1.82) is 0 Å². The number of likely N-dealkylation sites (N-methyl/N-ethyl adjacent to an activating group) is 1. The third kappa shape index (κ3) is 6.52. The lowest BCUT2D eigenvalue weighted by atomic mass is 10.1. The van der Waals surface area contributed by atoms with E-state index >= 15 is 0 Å². The Morgan fingerprint density at radius 2 is 1.61 bits per heavy atom. The van der Waals surface area contributed by atoms with E-state index in [1.807, 2.05) is 30.3 Å². The van der Waals surface area contributed by atoms with Crippen molar-refractivity contribution in [2.45, 2.75) is 32.9 Å². The molecule has 0 bridgehead atoms. The lowest BCUT2D eigenvalue weighted by molar-refractivity contribution is -0.140. The van der Waals surface area contributed by atoms with Crippen LogP contribution in [0.2, 0.25) is 0 Å². The summed E-state index contributed by atoms with van der Waals surface area (Å²) in [6.45, 7) is 3.37. The Kier molecular flexibility index (Phi) is 9.36. The first-order chi connectivity index (χ1) is 15.6. The number of benzene rings is 2. The minimum absolute atomic E-state index is 0.0996. The average molecular weight is 479 g/mol. The molecule has 2 amide bonds. The molecule has 0 heterocycles. The summed E-state index contributed by atoms with van der Waals surface area (Å²) in [5.74, 6) is -1.73. The summed E-state index contributed by atoms with van der Waals surface area (Å²) in [4.78, 5) is 27.6. The Morgan fingerprint density at radius 1 is 1.00 bits per heavy atom. The molecule has 0 aromatic heterocycles. The van der Waals surface area contributed by atoms with Crippen molar-refractivity contribution in [3.8, 4) is 0 Å². The molecule has 0 radical (unpaired) electrons. The van der Waals surface area contributed by atoms with Crippen molar-refractivity contribution < 1.29 is 22.4 Å². The van der Waals surface area contributed by atoms with E-state index in [4.69, 9.17) is 0 Å². The first-order valence-corrected chi connectivity index (χ1v) is 12.1. The molecule has 0 aliphatic carbocycles. The summed E-state index contributed by atoms with van der Waals surface area (Å²) in [6.07, 6.45) is 0.324. The molecule has 33 heavy (non-hydrogen) atoms. The largest absolute Gasteiger partial charge is 0.355 e. The maximum atomic E-state index is 14.6. The Balaban J connectivity index is 2.49. The molecule has 0 spiro atoms. The zero-order chi connectivity index (χ0) is 24.6. The number of rotatable bonds is 11. The number of nitrogens with zero attached hydrogens (tertiary/aromatic N) is 3. The molecule has 0 aliphatic rings. The topological polar surface area (TPSA) is 90.0 Å². The van der Waals surface area contributed by atoms with Gasteiger partial charge in [0.2, 0.25) is 11.8 Å². The number of carbonyl (C=O) groups excluding carboxylic acids is 2. The van der Waals surface area contributed by atoms with E-state index in [1.54, 1.807) is 13.8 Å². The van der Waals surface area contributed by atoms with Crippen LogP contribution in [0, 0.1) is 5.82 Å². The molecular formula is C23H31FN4O4S. The Labute approximate surface area is 195 Å². The van der Waals surface area contributed by atoms with Gasteiger partial charge >= 0.3 is 10.2 Å². The smallest absolute Gasteiger partial charge is 0.304 e. The van der Waals surface area contributed by atoms with Gasteiger partial charge in [-0.15, -0.1) is 0 Å². The van der Waals surface area contributed by atoms with Crippen molar-refractivity contribution in [2.24, 2.45) is 0 Å². The van der Waals surface area contributed by atoms with Gasteiger partial charge in [-0.25, -0.2) is 8.70 Å². The zero-order valence-corrected chi connectivity index (χ0v) is 20.2. The molecule has 1 atom stereocenters. The third-order valence-corrected chi connectivity index (χ3v) is 6.88. The summed E-state index contributed by atoms with van der Waals surface area (Å²) >= 11 is 0. The summed E-state index contributed by atoms with van der Waals surface area (Å²) in [6, 6.07) is 13.6. The minimum Gasteiger partial charge on any atom is -0.355 e. The number of para-hydroxylation sites is 1. The fraction of sp³-hybridized carbons (Fsp3) is 0.391. The second kappa shape index (κ2) is 11.8. The number of hydrogen-bond donors (Lipinski definition) is 1. The first kappa shape index (κ1) is 26.3. The maximum Gasteiger partial charge on any atom is 0.304 e. The summed E-state index contributed by atoms with van der Waals surface area (Å²) < 4.78 is 42.2. The second-order valence-corrected chi connectivity index (χ2v) is 9.64. The van der Waals surface area contributed by atoms with Gasteiger partial charge in [0.05, 0.1) is 5.69 Å². The number of nitrogens with one attached hydrogen (secondary N) is 1. The van der Waals surface area contributed by atoms with Crippen molar-refractivity contribution in [1.82, 2.24) is 14.5 Å². The van der Waals surface area contributed by atoms with E-state index < -0.39 is 34.5 Å². The van der Waals surface area contributed by atoms with Gasteiger partial charge < -0.3 is 10.2 Å². The fourth-order valence-electron chi connectivity index (χ4n) is 3.35. The van der Waals surface area contributed by atoms with Gasteiger partial charge in [0, 0.05) is 27.2 Å². The summed E-state index contributed by atoms with van der Waals surface area (Å²) in [7, 11) is -1.59. The number of anilines is 1. The Morgan fingerprint density at radius 3 is 2.15 bits per heavy atom. The van der Waals surface area contributed by atoms with Gasteiger partial charge in [-0.2, -0.15) is 12.7 Å². The fourth-order valence-corrected chi connectivity index (χ4v) is 4.41. The van der Waals surface area contributed by atoms with Crippen LogP contribution in [0.15, 0.2) is 54.6 Å². The van der Waals surface area contributed by atoms with Crippen LogP contribution in [0.25, 0.3) is 0 Å². The lowest BCUT2D eigenvalue weighted by Gasteiger charge is -2.33. The predicted molar refractivity (Wildman–Crippen MR) is 126 cm³/mol. The molecule has 0 aliphatic heterocycles. The van der Waals surface area contributed by atoms with Crippen LogP contribution in [0.4, 0.5) is 10.1 Å². The highest BCUT2D eigenvalue weighted by Crippen LogP contribution is 2.24. The number of amides is 2. The van der Waals surface area contributed by atoms with Crippen LogP contribution in [0.1, 0.15) is 25.8 Å². The van der Waals surface area contributed by atoms with Gasteiger partial charge in [0.25, 0.3) is 0 Å². The van der Waals surface area contributed by atoms with Gasteiger partial charge in [-0.1, -0.05) is 49.4 Å². The molecule has 2 aromatic carbocycles. The molecule has 0 saturated heterocycles. The monoisotopic (exact) mass is 478 g/mol. The van der Waals surface area contributed by atoms with Gasteiger partial charge in [-0.05, 0) is 31.0 Å². The molecule has 180 valence electrons. The van der Waals surface area contributed by atoms with E-state index in [0.717, 1.165) is 20.2 Å². The van der Waals surface area contributed by atoms with Gasteiger partial charge in [0.1, 0.15) is 18.4 Å². The predicted octanol–water partition coefficient (Wildman–Crippen LogP) is 2.38. The van der Waals surface area contributed by atoms with Gasteiger partial charge in [-0.3, -0.25) is 9.59 Å². The highest BCUT2D eigenvalue weighted by Gasteiger charge is 2.34. The second-order valence-electron chi connectivity index (χ2n) is 7.57. The number of hydrogen-bond acceptors (Lipinski definition) is 4. The summed E-state index contributed by atoms with van der Waals surface area (Å²) in [5, 5.41) is 2.73. The molecule has 1 N–H and O–H groups in total. The van der Waals surface area contributed by atoms with Crippen molar-refractivity contribution in [3.63, 3.8) is 0 Å². The number of halogens is 1. The van der Waals surface area contributed by atoms with Crippen LogP contribution < -0.4 is 9.62 Å². The van der Waals surface area contributed by atoms with Crippen LogP contribution in [0.5, 0.6) is 0 Å². The van der Waals surface area contributed by atoms with Gasteiger partial charge in [0.15, 0.2) is 0 Å². The Bertz CT molecular complexity index is 1050. The molecule has 10 heteroatoms. The molecule has 2 rings (SSSR count). The first-order valence-electron chi connectivity index (χ1n) is 10.7. The highest BCUT2D eigenvalue weighted by atomic mass is 32.2. The van der Waals surface area contributed by atoms with E-state index in [1.165, 1.54) is 37.2 Å². The molecular weight excluding hydrogens is 447 g/mol. The third-order valence-electron chi connectivity index (χ3n) is 5.07. The normalized spacial score (nSPS) is 12.3. The van der Waals surface area contributed by atoms with E-state index in [0.29, 0.717) is 13.0 Å². The van der Waals surface area contributed by atoms with Crippen LogP contribution >= 0.6 is 0 Å². The lowest BCUT2D eigenvalue weighted by Crippen LogP contribution is -2.53. The van der Waals surface area contributed by atoms with E-state index in [9.17, 15) is 22.4 Å². The maximum absolute atomic E-state index is 14.6. The van der Waals surface area contributed by atoms with Crippen molar-refractivity contribution >= 4 is 27.7 Å². The van der Waals surface area contributed by atoms with Crippen molar-refractivity contribution in [3.05, 3.63) is 66.0 Å². The van der Waals surface area contributed by atoms with E-state index in [2.05, 4.69) is 5.32 Å². The molecule has 8 nitrogen and oxygen atoms in total. The minimum atomic E-state index is -4.20. The molecule has 0 fully saturated rings. The molecule has 2 aromatic rings. The summed E-state index contributed by atoms with van der Waals surface area (Å²) in [5.41, 5.74) is 0.534. The highest BCUT2D eigenvalue weighted by molar-refractivity contribution is 7.90. The van der Waals surface area contributed by atoms with E-state index in [-0.39, 0.29) is 18.1 Å². The zero-order valence-electron chi connectivity index (χ0n) is 19.4. The average Bonchev–Trinajstić information content (AvgIpc) is 2.78. The van der Waals surface area contributed by atoms with Crippen LogP contribution in [-0.2, 0) is 26.3 Å². The molecule has 0 saturated carbocycles. The number of carbonyl (C=O) groups is 2. The standard InChI is InChI=1S/C23H31FN4O4S/c1-5-20(23(30)25-6-2)27(16-18-12-8-7-9-13-18)22(29)17-28(33(31,32)26(3)4)21-15-11-10-14-19(21)24/h7-15,20H,5-6,16-17H2,1-4H3,(H,25,30)/t20-/m1/s1. The van der Waals surface area contributed by atoms with Crippen LogP contribution in [0.3, 0.4) is 0 Å². The molecule has 0 unspecified atom stereocenters. The van der Waals surface area contributed by atoms with Crippen molar-refractivity contribution in [2.75, 3.05) is 31.5 Å². The SMILES string of the molecule is CCNC(=O)[C@@H](CC)N(Cc1ccccc1)C(=O)CN(c1ccccc1F)S(=O)(=O)N(C)C. The quantitative estimate of drug-likeness (QED) is 0.537.